The summed E-state index contributed by atoms with van der Waals surface area (Å²) in [5, 5.41) is 9.00. The van der Waals surface area contributed by atoms with Crippen LogP contribution in [-0.4, -0.2) is 0 Å². The maximum Gasteiger partial charge on any atom is 0.0843 e. The molecule has 1 aliphatic carbocycles. The Morgan fingerprint density at radius 3 is 2.62 bits per heavy atom. The highest BCUT2D eigenvalue weighted by Crippen LogP contribution is 2.49. The second-order valence-electron chi connectivity index (χ2n) is 3.78. The van der Waals surface area contributed by atoms with Gasteiger partial charge >= 0.3 is 0 Å². The van der Waals surface area contributed by atoms with E-state index in [0.29, 0.717) is 0 Å². The molecule has 0 bridgehead atoms. The van der Waals surface area contributed by atoms with Crippen LogP contribution in [0.2, 0.25) is 0 Å². The van der Waals surface area contributed by atoms with Gasteiger partial charge in [-0.25, -0.2) is 0 Å². The molecule has 0 heterocycles. The van der Waals surface area contributed by atoms with Crippen LogP contribution >= 0.6 is 0 Å². The quantitative estimate of drug-likeness (QED) is 0.660. The van der Waals surface area contributed by atoms with Crippen molar-refractivity contribution in [3.63, 3.8) is 0 Å². The summed E-state index contributed by atoms with van der Waals surface area (Å²) in [6.45, 7) is 2.01. The van der Waals surface area contributed by atoms with Crippen LogP contribution in [0.15, 0.2) is 18.2 Å². The molecule has 1 saturated carbocycles. The van der Waals surface area contributed by atoms with Gasteiger partial charge in [0.05, 0.1) is 11.5 Å². The van der Waals surface area contributed by atoms with Gasteiger partial charge in [-0.15, -0.1) is 0 Å². The Hall–Kier alpha value is -1.49. The summed E-state index contributed by atoms with van der Waals surface area (Å²) < 4.78 is 0. The highest BCUT2D eigenvalue weighted by atomic mass is 14.6. The number of nitriles is 1. The molecule has 1 aromatic carbocycles. The molecule has 2 rings (SSSR count). The summed E-state index contributed by atoms with van der Waals surface area (Å²) in [6, 6.07) is 8.29. The lowest BCUT2D eigenvalue weighted by atomic mass is 9.95. The number of hydrogen-bond donors (Lipinski definition) is 1. The maximum atomic E-state index is 9.00. The number of nitrogen functional groups attached to an aromatic ring is 1. The first kappa shape index (κ1) is 8.12. The van der Waals surface area contributed by atoms with E-state index in [1.165, 1.54) is 0 Å². The fourth-order valence-corrected chi connectivity index (χ4v) is 1.68. The SMILES string of the molecule is Cc1ccc(C2(C#N)CC2)c(N)c1. The predicted octanol–water partition coefficient (Wildman–Crippen LogP) is 2.13. The normalized spacial score (nSPS) is 17.8. The molecule has 66 valence electrons. The Kier molecular flexibility index (Phi) is 1.56. The predicted molar refractivity (Wildman–Crippen MR) is 52.1 cm³/mol. The van der Waals surface area contributed by atoms with Gasteiger partial charge in [0, 0.05) is 5.69 Å². The molecule has 2 heteroatoms. The van der Waals surface area contributed by atoms with E-state index in [1.54, 1.807) is 0 Å². The minimum Gasteiger partial charge on any atom is -0.398 e. The molecule has 13 heavy (non-hydrogen) atoms. The van der Waals surface area contributed by atoms with Crippen molar-refractivity contribution in [1.29, 1.82) is 5.26 Å². The first-order chi connectivity index (χ1) is 6.18. The molecule has 2 nitrogen and oxygen atoms in total. The van der Waals surface area contributed by atoms with Crippen LogP contribution in [0.4, 0.5) is 5.69 Å². The van der Waals surface area contributed by atoms with Gasteiger partial charge in [-0.2, -0.15) is 5.26 Å². The van der Waals surface area contributed by atoms with Crippen LogP contribution < -0.4 is 5.73 Å². The molecular weight excluding hydrogens is 160 g/mol. The van der Waals surface area contributed by atoms with Gasteiger partial charge in [0.1, 0.15) is 0 Å². The van der Waals surface area contributed by atoms with E-state index in [1.807, 2.05) is 25.1 Å². The minimum absolute atomic E-state index is 0.252. The lowest BCUT2D eigenvalue weighted by molar-refractivity contribution is 0.911. The molecule has 0 radical (unpaired) electrons. The van der Waals surface area contributed by atoms with Crippen molar-refractivity contribution in [2.24, 2.45) is 0 Å². The minimum atomic E-state index is -0.252. The Labute approximate surface area is 78.0 Å². The molecule has 2 N–H and O–H groups in total. The van der Waals surface area contributed by atoms with Crippen molar-refractivity contribution < 1.29 is 0 Å². The van der Waals surface area contributed by atoms with E-state index >= 15 is 0 Å². The van der Waals surface area contributed by atoms with Crippen molar-refractivity contribution in [3.8, 4) is 6.07 Å². The Morgan fingerprint density at radius 2 is 2.15 bits per heavy atom. The number of aryl methyl sites for hydroxylation is 1. The molecular formula is C11H12N2. The molecule has 1 aromatic rings. The highest BCUT2D eigenvalue weighted by molar-refractivity contribution is 5.57. The number of nitrogens with zero attached hydrogens (tertiary/aromatic N) is 1. The fourth-order valence-electron chi connectivity index (χ4n) is 1.68. The Balaban J connectivity index is 2.48. The van der Waals surface area contributed by atoms with Crippen molar-refractivity contribution in [1.82, 2.24) is 0 Å². The van der Waals surface area contributed by atoms with Gasteiger partial charge in [0.25, 0.3) is 0 Å². The lowest BCUT2D eigenvalue weighted by Crippen LogP contribution is -2.06. The zero-order valence-corrected chi connectivity index (χ0v) is 7.67. The third kappa shape index (κ3) is 1.17. The summed E-state index contributed by atoms with van der Waals surface area (Å²) in [5.41, 5.74) is 8.55. The van der Waals surface area contributed by atoms with E-state index in [-0.39, 0.29) is 5.41 Å². The summed E-state index contributed by atoms with van der Waals surface area (Å²) in [5.74, 6) is 0. The van der Waals surface area contributed by atoms with Gasteiger partial charge in [0.2, 0.25) is 0 Å². The Bertz CT molecular complexity index is 384. The number of benzene rings is 1. The van der Waals surface area contributed by atoms with Crippen molar-refractivity contribution in [2.75, 3.05) is 5.73 Å². The fraction of sp³-hybridized carbons (Fsp3) is 0.364. The topological polar surface area (TPSA) is 49.8 Å². The molecule has 0 atom stereocenters. The number of nitrogens with two attached hydrogens (primary N) is 1. The zero-order valence-electron chi connectivity index (χ0n) is 7.67. The molecule has 1 aliphatic rings. The first-order valence-electron chi connectivity index (χ1n) is 4.46. The third-order valence-electron chi connectivity index (χ3n) is 2.69. The molecule has 0 aromatic heterocycles. The van der Waals surface area contributed by atoms with Crippen LogP contribution in [0.3, 0.4) is 0 Å². The van der Waals surface area contributed by atoms with Crippen LogP contribution in [0, 0.1) is 18.3 Å². The van der Waals surface area contributed by atoms with Crippen molar-refractivity contribution in [2.45, 2.75) is 25.2 Å². The van der Waals surface area contributed by atoms with Gasteiger partial charge in [-0.3, -0.25) is 0 Å². The third-order valence-corrected chi connectivity index (χ3v) is 2.69. The monoisotopic (exact) mass is 172 g/mol. The lowest BCUT2D eigenvalue weighted by Gasteiger charge is -2.09. The van der Waals surface area contributed by atoms with Crippen molar-refractivity contribution >= 4 is 5.69 Å². The number of hydrogen-bond acceptors (Lipinski definition) is 2. The summed E-state index contributed by atoms with van der Waals surface area (Å²) in [7, 11) is 0. The van der Waals surface area contributed by atoms with E-state index in [4.69, 9.17) is 11.0 Å². The van der Waals surface area contributed by atoms with E-state index in [9.17, 15) is 0 Å². The molecule has 0 saturated heterocycles. The smallest absolute Gasteiger partial charge is 0.0843 e. The maximum absolute atomic E-state index is 9.00. The number of anilines is 1. The average Bonchev–Trinajstić information content (AvgIpc) is 2.85. The van der Waals surface area contributed by atoms with Gasteiger partial charge in [-0.1, -0.05) is 12.1 Å². The highest BCUT2D eigenvalue weighted by Gasteiger charge is 2.45. The second kappa shape index (κ2) is 2.50. The summed E-state index contributed by atoms with van der Waals surface area (Å²) >= 11 is 0. The molecule has 0 spiro atoms. The summed E-state index contributed by atoms with van der Waals surface area (Å²) in [4.78, 5) is 0. The van der Waals surface area contributed by atoms with Gasteiger partial charge in [-0.05, 0) is 37.0 Å². The first-order valence-corrected chi connectivity index (χ1v) is 4.46. The molecule has 1 fully saturated rings. The van der Waals surface area contributed by atoms with E-state index in [2.05, 4.69) is 6.07 Å². The van der Waals surface area contributed by atoms with Crippen LogP contribution in [-0.2, 0) is 5.41 Å². The largest absolute Gasteiger partial charge is 0.398 e. The van der Waals surface area contributed by atoms with Crippen LogP contribution in [0.25, 0.3) is 0 Å². The molecule has 0 unspecified atom stereocenters. The zero-order chi connectivity index (χ0) is 9.47. The second-order valence-corrected chi connectivity index (χ2v) is 3.78. The number of rotatable bonds is 1. The summed E-state index contributed by atoms with van der Waals surface area (Å²) in [6.07, 6.45) is 1.91. The molecule has 0 amide bonds. The molecule has 0 aliphatic heterocycles. The van der Waals surface area contributed by atoms with E-state index < -0.39 is 0 Å². The van der Waals surface area contributed by atoms with Crippen LogP contribution in [0.1, 0.15) is 24.0 Å². The Morgan fingerprint density at radius 1 is 1.46 bits per heavy atom. The van der Waals surface area contributed by atoms with Crippen LogP contribution in [0.5, 0.6) is 0 Å². The van der Waals surface area contributed by atoms with E-state index in [0.717, 1.165) is 29.7 Å². The van der Waals surface area contributed by atoms with Crippen molar-refractivity contribution in [3.05, 3.63) is 29.3 Å². The van der Waals surface area contributed by atoms with Gasteiger partial charge in [0.15, 0.2) is 0 Å². The average molecular weight is 172 g/mol. The van der Waals surface area contributed by atoms with Gasteiger partial charge < -0.3 is 5.73 Å². The standard InChI is InChI=1S/C11H12N2/c1-8-2-3-9(10(13)6-8)11(7-12)4-5-11/h2-3,6H,4-5,13H2,1H3.